The number of nitrogens with one attached hydrogen (secondary N) is 1. The van der Waals surface area contributed by atoms with Gasteiger partial charge in [-0.2, -0.15) is 5.10 Å². The van der Waals surface area contributed by atoms with Crippen LogP contribution >= 0.6 is 0 Å². The third-order valence-electron chi connectivity index (χ3n) is 6.12. The van der Waals surface area contributed by atoms with Crippen LogP contribution in [0.2, 0.25) is 0 Å². The van der Waals surface area contributed by atoms with Crippen molar-refractivity contribution in [2.24, 2.45) is 5.10 Å². The van der Waals surface area contributed by atoms with Gasteiger partial charge in [0, 0.05) is 5.56 Å². The molecule has 1 amide bonds. The minimum Gasteiger partial charge on any atom is -0.488 e. The van der Waals surface area contributed by atoms with E-state index in [9.17, 15) is 9.59 Å². The summed E-state index contributed by atoms with van der Waals surface area (Å²) in [6, 6.07) is 35.2. The van der Waals surface area contributed by atoms with E-state index >= 15 is 0 Å². The average Bonchev–Trinajstić information content (AvgIpc) is 2.97. The zero-order valence-corrected chi connectivity index (χ0v) is 21.3. The van der Waals surface area contributed by atoms with Crippen molar-refractivity contribution in [3.63, 3.8) is 0 Å². The van der Waals surface area contributed by atoms with Gasteiger partial charge in [0.05, 0.1) is 17.3 Å². The SMILES string of the molecule is Cc1cccc(C(=O)Oc2ccc3ccccc3c2/C=N/NC(=O)c2ccccc2OCc2ccccc2)c1. The first-order valence-corrected chi connectivity index (χ1v) is 12.5. The quantitative estimate of drug-likeness (QED) is 0.108. The van der Waals surface area contributed by atoms with Crippen LogP contribution in [-0.4, -0.2) is 18.1 Å². The summed E-state index contributed by atoms with van der Waals surface area (Å²) in [4.78, 5) is 25.9. The fourth-order valence-corrected chi connectivity index (χ4v) is 4.16. The van der Waals surface area contributed by atoms with Crippen LogP contribution < -0.4 is 14.9 Å². The summed E-state index contributed by atoms with van der Waals surface area (Å²) in [6.45, 7) is 2.25. The first kappa shape index (κ1) is 25.4. The van der Waals surface area contributed by atoms with Crippen molar-refractivity contribution in [3.05, 3.63) is 143 Å². The Morgan fingerprint density at radius 2 is 1.56 bits per heavy atom. The normalized spacial score (nSPS) is 10.9. The number of hydrazone groups is 1. The second kappa shape index (κ2) is 11.9. The number of esters is 1. The number of hydrogen-bond acceptors (Lipinski definition) is 5. The molecule has 5 aromatic carbocycles. The molecule has 0 radical (unpaired) electrons. The first-order valence-electron chi connectivity index (χ1n) is 12.5. The van der Waals surface area contributed by atoms with Gasteiger partial charge in [0.25, 0.3) is 5.91 Å². The molecule has 0 unspecified atom stereocenters. The van der Waals surface area contributed by atoms with Crippen molar-refractivity contribution in [2.75, 3.05) is 0 Å². The molecule has 5 rings (SSSR count). The molecule has 0 aromatic heterocycles. The van der Waals surface area contributed by atoms with Crippen molar-refractivity contribution in [3.8, 4) is 11.5 Å². The summed E-state index contributed by atoms with van der Waals surface area (Å²) in [6.07, 6.45) is 1.49. The van der Waals surface area contributed by atoms with Gasteiger partial charge < -0.3 is 9.47 Å². The summed E-state index contributed by atoms with van der Waals surface area (Å²) >= 11 is 0. The Hall–Kier alpha value is -5.23. The fraction of sp³-hybridized carbons (Fsp3) is 0.0606. The second-order valence-electron chi connectivity index (χ2n) is 8.93. The monoisotopic (exact) mass is 514 g/mol. The molecule has 39 heavy (non-hydrogen) atoms. The van der Waals surface area contributed by atoms with Crippen LogP contribution in [0, 0.1) is 6.92 Å². The Morgan fingerprint density at radius 3 is 2.41 bits per heavy atom. The van der Waals surface area contributed by atoms with Crippen LogP contribution in [0.15, 0.2) is 120 Å². The molecule has 0 aliphatic carbocycles. The van der Waals surface area contributed by atoms with Crippen LogP contribution in [0.4, 0.5) is 0 Å². The van der Waals surface area contributed by atoms with E-state index in [2.05, 4.69) is 10.5 Å². The molecule has 0 atom stereocenters. The molecule has 0 heterocycles. The van der Waals surface area contributed by atoms with E-state index in [1.165, 1.54) is 6.21 Å². The number of para-hydroxylation sites is 1. The Morgan fingerprint density at radius 1 is 0.795 bits per heavy atom. The molecule has 0 saturated heterocycles. The van der Waals surface area contributed by atoms with Gasteiger partial charge in [0.2, 0.25) is 0 Å². The lowest BCUT2D eigenvalue weighted by atomic mass is 10.0. The van der Waals surface area contributed by atoms with E-state index in [4.69, 9.17) is 9.47 Å². The summed E-state index contributed by atoms with van der Waals surface area (Å²) in [5.74, 6) is -0.109. The lowest BCUT2D eigenvalue weighted by Crippen LogP contribution is -2.19. The zero-order valence-electron chi connectivity index (χ0n) is 21.3. The zero-order chi connectivity index (χ0) is 27.0. The molecule has 0 bridgehead atoms. The highest BCUT2D eigenvalue weighted by Crippen LogP contribution is 2.28. The highest BCUT2D eigenvalue weighted by atomic mass is 16.5. The molecule has 0 aliphatic heterocycles. The van der Waals surface area contributed by atoms with Gasteiger partial charge in [-0.15, -0.1) is 0 Å². The number of carbonyl (C=O) groups is 2. The molecule has 5 aromatic rings. The molecule has 0 fully saturated rings. The smallest absolute Gasteiger partial charge is 0.343 e. The van der Waals surface area contributed by atoms with Crippen molar-refractivity contribution in [1.29, 1.82) is 0 Å². The number of ether oxygens (including phenoxy) is 2. The minimum atomic E-state index is -0.475. The maximum absolute atomic E-state index is 13.0. The molecule has 192 valence electrons. The molecule has 0 spiro atoms. The predicted molar refractivity (Wildman–Crippen MR) is 152 cm³/mol. The molecule has 6 heteroatoms. The lowest BCUT2D eigenvalue weighted by molar-refractivity contribution is 0.0734. The number of benzene rings is 5. The van der Waals surface area contributed by atoms with E-state index in [1.807, 2.05) is 85.8 Å². The molecular weight excluding hydrogens is 488 g/mol. The van der Waals surface area contributed by atoms with Crippen molar-refractivity contribution < 1.29 is 19.1 Å². The first-order chi connectivity index (χ1) is 19.1. The van der Waals surface area contributed by atoms with Crippen LogP contribution in [0.3, 0.4) is 0 Å². The van der Waals surface area contributed by atoms with Crippen LogP contribution in [-0.2, 0) is 6.61 Å². The van der Waals surface area contributed by atoms with E-state index in [1.54, 1.807) is 36.4 Å². The highest BCUT2D eigenvalue weighted by molar-refractivity contribution is 6.04. The van der Waals surface area contributed by atoms with Crippen molar-refractivity contribution in [2.45, 2.75) is 13.5 Å². The topological polar surface area (TPSA) is 77.0 Å². The van der Waals surface area contributed by atoms with Gasteiger partial charge >= 0.3 is 5.97 Å². The predicted octanol–water partition coefficient (Wildman–Crippen LogP) is 6.71. The van der Waals surface area contributed by atoms with Crippen molar-refractivity contribution >= 4 is 28.9 Å². The Labute approximate surface area is 226 Å². The van der Waals surface area contributed by atoms with Crippen molar-refractivity contribution in [1.82, 2.24) is 5.43 Å². The minimum absolute atomic E-state index is 0.333. The van der Waals surface area contributed by atoms with Crippen LogP contribution in [0.5, 0.6) is 11.5 Å². The van der Waals surface area contributed by atoms with Gasteiger partial charge in [-0.3, -0.25) is 4.79 Å². The van der Waals surface area contributed by atoms with Gasteiger partial charge in [-0.1, -0.05) is 90.5 Å². The number of rotatable bonds is 8. The summed E-state index contributed by atoms with van der Waals surface area (Å²) in [5.41, 5.74) is 5.91. The van der Waals surface area contributed by atoms with Gasteiger partial charge in [0.15, 0.2) is 0 Å². The number of aryl methyl sites for hydroxylation is 1. The number of nitrogens with zero attached hydrogens (tertiary/aromatic N) is 1. The molecule has 0 aliphatic rings. The average molecular weight is 515 g/mol. The maximum Gasteiger partial charge on any atom is 0.343 e. The molecular formula is C33H26N2O4. The van der Waals surface area contributed by atoms with Crippen LogP contribution in [0.25, 0.3) is 10.8 Å². The van der Waals surface area contributed by atoms with Gasteiger partial charge in [-0.25, -0.2) is 10.2 Å². The summed E-state index contributed by atoms with van der Waals surface area (Å²) in [7, 11) is 0. The van der Waals surface area contributed by atoms with E-state index in [-0.39, 0.29) is 0 Å². The Balaban J connectivity index is 1.37. The third-order valence-corrected chi connectivity index (χ3v) is 6.12. The van der Waals surface area contributed by atoms with Gasteiger partial charge in [-0.05, 0) is 53.6 Å². The van der Waals surface area contributed by atoms with E-state index in [0.29, 0.717) is 34.8 Å². The van der Waals surface area contributed by atoms with Crippen LogP contribution in [0.1, 0.15) is 37.4 Å². The molecule has 0 saturated carbocycles. The lowest BCUT2D eigenvalue weighted by Gasteiger charge is -2.12. The number of carbonyl (C=O) groups excluding carboxylic acids is 2. The molecule has 6 nitrogen and oxygen atoms in total. The number of fused-ring (bicyclic) bond motifs is 1. The highest BCUT2D eigenvalue weighted by Gasteiger charge is 2.15. The Bertz CT molecular complexity index is 1660. The van der Waals surface area contributed by atoms with E-state index < -0.39 is 11.9 Å². The van der Waals surface area contributed by atoms with E-state index in [0.717, 1.165) is 21.9 Å². The fourth-order valence-electron chi connectivity index (χ4n) is 4.16. The summed E-state index contributed by atoms with van der Waals surface area (Å²) in [5, 5.41) is 5.99. The summed E-state index contributed by atoms with van der Waals surface area (Å²) < 4.78 is 11.7. The standard InChI is InChI=1S/C33H26N2O4/c1-23-10-9-14-26(20-23)33(37)39-31-19-18-25-13-5-6-15-27(25)29(31)21-34-35-32(36)28-16-7-8-17-30(28)38-22-24-11-3-2-4-12-24/h2-21H,22H2,1H3,(H,35,36)/b34-21+. The Kier molecular flexibility index (Phi) is 7.74. The maximum atomic E-state index is 13.0. The largest absolute Gasteiger partial charge is 0.488 e. The number of hydrogen-bond donors (Lipinski definition) is 1. The number of amides is 1. The third kappa shape index (κ3) is 6.19. The molecule has 1 N–H and O–H groups in total. The van der Waals surface area contributed by atoms with Gasteiger partial charge in [0.1, 0.15) is 18.1 Å². The second-order valence-corrected chi connectivity index (χ2v) is 8.93.